The Bertz CT molecular complexity index is 795. The molecule has 112 valence electrons. The number of H-pyrrole nitrogens is 1. The lowest BCUT2D eigenvalue weighted by Gasteiger charge is -2.15. The van der Waals surface area contributed by atoms with Crippen LogP contribution < -0.4 is 10.2 Å². The molecule has 0 aliphatic carbocycles. The van der Waals surface area contributed by atoms with Gasteiger partial charge >= 0.3 is 0 Å². The molecule has 0 aliphatic rings. The van der Waals surface area contributed by atoms with Gasteiger partial charge in [0.2, 0.25) is 0 Å². The second kappa shape index (κ2) is 5.85. The molecule has 2 aromatic heterocycles. The molecular weight excluding hydrogens is 278 g/mol. The monoisotopic (exact) mass is 295 g/mol. The lowest BCUT2D eigenvalue weighted by Crippen LogP contribution is -2.24. The maximum Gasteiger partial charge on any atom is 0.252 e. The molecule has 0 bridgehead atoms. The van der Waals surface area contributed by atoms with E-state index in [9.17, 15) is 4.79 Å². The van der Waals surface area contributed by atoms with Gasteiger partial charge in [0.15, 0.2) is 0 Å². The third-order valence-corrected chi connectivity index (χ3v) is 3.38. The number of pyridine rings is 1. The second-order valence-corrected chi connectivity index (χ2v) is 5.16. The van der Waals surface area contributed by atoms with Crippen LogP contribution in [0.15, 0.2) is 42.7 Å². The maximum absolute atomic E-state index is 12.5. The quantitative estimate of drug-likeness (QED) is 0.771. The molecule has 0 unspecified atom stereocenters. The number of benzene rings is 1. The van der Waals surface area contributed by atoms with Gasteiger partial charge in [0.05, 0.1) is 17.6 Å². The number of para-hydroxylation sites is 1. The van der Waals surface area contributed by atoms with Gasteiger partial charge in [-0.1, -0.05) is 18.2 Å². The number of hydrogen-bond donors (Lipinski definition) is 2. The Hall–Kier alpha value is -2.89. The first-order chi connectivity index (χ1) is 10.6. The third-order valence-electron chi connectivity index (χ3n) is 3.38. The van der Waals surface area contributed by atoms with Crippen molar-refractivity contribution in [2.75, 3.05) is 19.0 Å². The van der Waals surface area contributed by atoms with E-state index in [1.165, 1.54) is 0 Å². The molecule has 1 amide bonds. The summed E-state index contributed by atoms with van der Waals surface area (Å²) >= 11 is 0. The van der Waals surface area contributed by atoms with Crippen LogP contribution in [-0.2, 0) is 6.54 Å². The normalized spacial score (nSPS) is 10.6. The van der Waals surface area contributed by atoms with Crippen molar-refractivity contribution in [3.05, 3.63) is 54.1 Å². The van der Waals surface area contributed by atoms with Crippen molar-refractivity contribution in [2.45, 2.75) is 6.54 Å². The van der Waals surface area contributed by atoms with Crippen LogP contribution in [-0.4, -0.2) is 35.0 Å². The van der Waals surface area contributed by atoms with Gasteiger partial charge in [0.1, 0.15) is 11.6 Å². The van der Waals surface area contributed by atoms with Gasteiger partial charge in [-0.3, -0.25) is 4.79 Å². The summed E-state index contributed by atoms with van der Waals surface area (Å²) in [5.41, 5.74) is 1.41. The fourth-order valence-electron chi connectivity index (χ4n) is 2.23. The number of amides is 1. The summed E-state index contributed by atoms with van der Waals surface area (Å²) in [6.07, 6.45) is 3.39. The van der Waals surface area contributed by atoms with Crippen LogP contribution in [0.3, 0.4) is 0 Å². The molecule has 0 saturated heterocycles. The highest BCUT2D eigenvalue weighted by molar-refractivity contribution is 6.06. The van der Waals surface area contributed by atoms with E-state index in [1.54, 1.807) is 18.5 Å². The highest BCUT2D eigenvalue weighted by atomic mass is 16.1. The Kier molecular flexibility index (Phi) is 3.74. The van der Waals surface area contributed by atoms with Crippen LogP contribution >= 0.6 is 0 Å². The molecule has 0 spiro atoms. The third kappa shape index (κ3) is 2.76. The fraction of sp³-hybridized carbons (Fsp3) is 0.188. The Morgan fingerprint density at radius 3 is 2.86 bits per heavy atom. The summed E-state index contributed by atoms with van der Waals surface area (Å²) < 4.78 is 0. The van der Waals surface area contributed by atoms with Crippen molar-refractivity contribution < 1.29 is 4.79 Å². The molecular formula is C16H17N5O. The first-order valence-electron chi connectivity index (χ1n) is 6.98. The minimum absolute atomic E-state index is 0.141. The second-order valence-electron chi connectivity index (χ2n) is 5.16. The van der Waals surface area contributed by atoms with Crippen molar-refractivity contribution in [2.24, 2.45) is 0 Å². The van der Waals surface area contributed by atoms with Crippen LogP contribution in [0.25, 0.3) is 10.9 Å². The number of nitrogens with zero attached hydrogens (tertiary/aromatic N) is 3. The molecule has 3 aromatic rings. The molecule has 3 rings (SSSR count). The average Bonchev–Trinajstić information content (AvgIpc) is 3.04. The first-order valence-corrected chi connectivity index (χ1v) is 6.98. The van der Waals surface area contributed by atoms with Gasteiger partial charge < -0.3 is 15.2 Å². The van der Waals surface area contributed by atoms with E-state index in [-0.39, 0.29) is 5.91 Å². The van der Waals surface area contributed by atoms with Crippen LogP contribution in [0.5, 0.6) is 0 Å². The van der Waals surface area contributed by atoms with Crippen molar-refractivity contribution >= 4 is 22.6 Å². The zero-order valence-corrected chi connectivity index (χ0v) is 12.5. The van der Waals surface area contributed by atoms with Gasteiger partial charge in [-0.25, -0.2) is 9.97 Å². The number of carbonyl (C=O) groups excluding carboxylic acids is 1. The topological polar surface area (TPSA) is 73.9 Å². The van der Waals surface area contributed by atoms with Crippen LogP contribution in [0.2, 0.25) is 0 Å². The van der Waals surface area contributed by atoms with Crippen LogP contribution in [0.4, 0.5) is 5.82 Å². The molecule has 6 heteroatoms. The van der Waals surface area contributed by atoms with E-state index in [1.807, 2.05) is 43.3 Å². The lowest BCUT2D eigenvalue weighted by molar-refractivity contribution is 0.0951. The van der Waals surface area contributed by atoms with Gasteiger partial charge in [0.25, 0.3) is 5.91 Å². The number of carbonyl (C=O) groups is 1. The Labute approximate surface area is 128 Å². The van der Waals surface area contributed by atoms with E-state index in [2.05, 4.69) is 20.3 Å². The minimum atomic E-state index is -0.141. The summed E-state index contributed by atoms with van der Waals surface area (Å²) in [5.74, 6) is 1.33. The zero-order chi connectivity index (χ0) is 15.5. The summed E-state index contributed by atoms with van der Waals surface area (Å²) in [5, 5.41) is 3.72. The minimum Gasteiger partial charge on any atom is -0.363 e. The zero-order valence-electron chi connectivity index (χ0n) is 12.5. The van der Waals surface area contributed by atoms with E-state index < -0.39 is 0 Å². The lowest BCUT2D eigenvalue weighted by atomic mass is 10.1. The highest BCUT2D eigenvalue weighted by Crippen LogP contribution is 2.22. The van der Waals surface area contributed by atoms with E-state index in [0.717, 1.165) is 22.5 Å². The standard InChI is InChI=1S/C16H17N5O/c1-21(2)15-9-12(11-5-3-4-6-13(11)20-15)16(22)19-10-14-17-7-8-18-14/h3-9H,10H2,1-2H3,(H,17,18)(H,19,22). The van der Waals surface area contributed by atoms with Gasteiger partial charge in [0, 0.05) is 31.9 Å². The van der Waals surface area contributed by atoms with Crippen molar-refractivity contribution in [3.63, 3.8) is 0 Å². The van der Waals surface area contributed by atoms with E-state index >= 15 is 0 Å². The molecule has 0 aliphatic heterocycles. The highest BCUT2D eigenvalue weighted by Gasteiger charge is 2.13. The predicted octanol–water partition coefficient (Wildman–Crippen LogP) is 1.95. The van der Waals surface area contributed by atoms with Gasteiger partial charge in [-0.2, -0.15) is 0 Å². The average molecular weight is 295 g/mol. The Balaban J connectivity index is 1.95. The molecule has 6 nitrogen and oxygen atoms in total. The molecule has 1 aromatic carbocycles. The number of aromatic amines is 1. The first kappa shape index (κ1) is 14.1. The fourth-order valence-corrected chi connectivity index (χ4v) is 2.23. The van der Waals surface area contributed by atoms with Crippen molar-refractivity contribution in [1.29, 1.82) is 0 Å². The number of aromatic nitrogens is 3. The number of hydrogen-bond acceptors (Lipinski definition) is 4. The molecule has 0 radical (unpaired) electrons. The molecule has 0 atom stereocenters. The smallest absolute Gasteiger partial charge is 0.252 e. The number of nitrogens with one attached hydrogen (secondary N) is 2. The van der Waals surface area contributed by atoms with Crippen LogP contribution in [0, 0.1) is 0 Å². The van der Waals surface area contributed by atoms with E-state index in [0.29, 0.717) is 12.1 Å². The van der Waals surface area contributed by atoms with Crippen LogP contribution in [0.1, 0.15) is 16.2 Å². The summed E-state index contributed by atoms with van der Waals surface area (Å²) in [7, 11) is 3.81. The number of anilines is 1. The molecule has 2 heterocycles. The molecule has 22 heavy (non-hydrogen) atoms. The summed E-state index contributed by atoms with van der Waals surface area (Å²) in [4.78, 5) is 26.0. The SMILES string of the molecule is CN(C)c1cc(C(=O)NCc2ncc[nH]2)c2ccccc2n1. The molecule has 0 saturated carbocycles. The number of fused-ring (bicyclic) bond motifs is 1. The largest absolute Gasteiger partial charge is 0.363 e. The Morgan fingerprint density at radius 2 is 2.14 bits per heavy atom. The maximum atomic E-state index is 12.5. The summed E-state index contributed by atoms with van der Waals surface area (Å²) in [6.45, 7) is 0.361. The number of imidazole rings is 1. The van der Waals surface area contributed by atoms with Gasteiger partial charge in [-0.15, -0.1) is 0 Å². The summed E-state index contributed by atoms with van der Waals surface area (Å²) in [6, 6.07) is 9.44. The van der Waals surface area contributed by atoms with E-state index in [4.69, 9.17) is 0 Å². The molecule has 2 N–H and O–H groups in total. The van der Waals surface area contributed by atoms with Crippen molar-refractivity contribution in [1.82, 2.24) is 20.3 Å². The predicted molar refractivity (Wildman–Crippen MR) is 85.8 cm³/mol. The molecule has 0 fully saturated rings. The Morgan fingerprint density at radius 1 is 1.32 bits per heavy atom. The number of rotatable bonds is 4. The van der Waals surface area contributed by atoms with Crippen molar-refractivity contribution in [3.8, 4) is 0 Å². The van der Waals surface area contributed by atoms with Gasteiger partial charge in [-0.05, 0) is 12.1 Å².